The Bertz CT molecular complexity index is 2240. The molecule has 0 aromatic heterocycles. The Morgan fingerprint density at radius 3 is 2.08 bits per heavy atom. The minimum Gasteiger partial charge on any atom is -0.456 e. The summed E-state index contributed by atoms with van der Waals surface area (Å²) in [5.74, 6) is 0.0310. The Labute approximate surface area is 430 Å². The molecule has 3 saturated carbocycles. The Morgan fingerprint density at radius 2 is 1.40 bits per heavy atom. The van der Waals surface area contributed by atoms with Crippen LogP contribution in [0.4, 0.5) is 0 Å². The molecule has 5 aliphatic heterocycles. The first-order valence-electron chi connectivity index (χ1n) is 27.3. The third-order valence-electron chi connectivity index (χ3n) is 18.8. The highest BCUT2D eigenvalue weighted by molar-refractivity contribution is 5.75. The van der Waals surface area contributed by atoms with E-state index in [1.807, 2.05) is 30.3 Å². The normalized spacial score (nSPS) is 46.1. The summed E-state index contributed by atoms with van der Waals surface area (Å²) in [6.45, 7) is 21.1. The zero-order valence-corrected chi connectivity index (χ0v) is 44.7. The molecule has 5 heterocycles. The molecule has 0 amide bonds. The SMILES string of the molecule is CC(=O)O[C@@H]1[C@@H](OC(C)=O)[C@H](C)O[C@@H](O[C@H]2[C@H](O[C@H]3CC[C@@]4(C)C(=CC[C@H]5[C@@H]6C[C@@H]7O[C@]8(CC[C@@H](C)CO8)[C@@H](C)[C@@H]7[C@@]6(C)CC[C@@H]54)C3)O[C@@H]3CO[C@@H](c4ccccc4)O[C@H]3[C@@H]2OC(=O)C(C)(C)C)[C@@H]1OC(C)=O. The number of hydrogen-bond acceptors (Lipinski definition) is 16. The van der Waals surface area contributed by atoms with Crippen molar-refractivity contribution >= 4 is 23.9 Å². The van der Waals surface area contributed by atoms with Gasteiger partial charge in [0.15, 0.2) is 55.2 Å². The quantitative estimate of drug-likeness (QED) is 0.131. The van der Waals surface area contributed by atoms with E-state index in [1.165, 1.54) is 39.2 Å². The van der Waals surface area contributed by atoms with Crippen molar-refractivity contribution in [2.45, 2.75) is 220 Å². The maximum absolute atomic E-state index is 14.2. The lowest BCUT2D eigenvalue weighted by molar-refractivity contribution is -0.397. The number of rotatable bonds is 9. The minimum atomic E-state index is -1.47. The van der Waals surface area contributed by atoms with Gasteiger partial charge in [-0.15, -0.1) is 0 Å². The van der Waals surface area contributed by atoms with Gasteiger partial charge in [0.25, 0.3) is 0 Å². The van der Waals surface area contributed by atoms with Crippen LogP contribution in [0.1, 0.15) is 146 Å². The predicted molar refractivity (Wildman–Crippen MR) is 260 cm³/mol. The predicted octanol–water partition coefficient (Wildman–Crippen LogP) is 8.46. The van der Waals surface area contributed by atoms with E-state index in [9.17, 15) is 19.2 Å². The van der Waals surface area contributed by atoms with Crippen LogP contribution in [0.25, 0.3) is 0 Å². The number of esters is 4. The Hall–Kier alpha value is -3.48. The first-order chi connectivity index (χ1) is 34.6. The Morgan fingerprint density at radius 1 is 0.699 bits per heavy atom. The van der Waals surface area contributed by atoms with Gasteiger partial charge in [-0.3, -0.25) is 19.2 Å². The number of carbonyl (C=O) groups is 4. The van der Waals surface area contributed by atoms with Crippen LogP contribution >= 0.6 is 0 Å². The van der Waals surface area contributed by atoms with E-state index in [0.717, 1.165) is 50.7 Å². The number of carbonyl (C=O) groups excluding carboxylic acids is 4. The first-order valence-corrected chi connectivity index (χ1v) is 27.3. The van der Waals surface area contributed by atoms with E-state index in [-0.39, 0.29) is 29.6 Å². The van der Waals surface area contributed by atoms with E-state index in [1.54, 1.807) is 27.7 Å². The molecule has 16 nitrogen and oxygen atoms in total. The van der Waals surface area contributed by atoms with E-state index >= 15 is 0 Å². The minimum absolute atomic E-state index is 0.0116. The molecular formula is C57H80O16. The van der Waals surface area contributed by atoms with E-state index in [4.69, 9.17) is 56.8 Å². The number of benzene rings is 1. The largest absolute Gasteiger partial charge is 0.456 e. The third-order valence-corrected chi connectivity index (χ3v) is 18.8. The molecule has 404 valence electrons. The van der Waals surface area contributed by atoms with Crippen molar-refractivity contribution in [2.24, 2.45) is 51.8 Å². The van der Waals surface area contributed by atoms with Crippen LogP contribution < -0.4 is 0 Å². The van der Waals surface area contributed by atoms with Gasteiger partial charge in [-0.2, -0.15) is 0 Å². The van der Waals surface area contributed by atoms with Crippen molar-refractivity contribution in [3.63, 3.8) is 0 Å². The van der Waals surface area contributed by atoms with Crippen molar-refractivity contribution in [3.05, 3.63) is 47.5 Å². The molecule has 0 bridgehead atoms. The summed E-state index contributed by atoms with van der Waals surface area (Å²) in [6, 6.07) is 9.45. The summed E-state index contributed by atoms with van der Waals surface area (Å²) in [6.07, 6.45) is -1.15. The zero-order chi connectivity index (χ0) is 51.9. The van der Waals surface area contributed by atoms with Crippen LogP contribution in [0.15, 0.2) is 42.0 Å². The van der Waals surface area contributed by atoms with Gasteiger partial charge in [0.05, 0.1) is 36.9 Å². The zero-order valence-electron chi connectivity index (χ0n) is 44.7. The molecule has 0 N–H and O–H groups in total. The number of ether oxygens (including phenoxy) is 12. The second-order valence-corrected chi connectivity index (χ2v) is 24.6. The first kappa shape index (κ1) is 52.9. The van der Waals surface area contributed by atoms with Gasteiger partial charge >= 0.3 is 23.9 Å². The summed E-state index contributed by atoms with van der Waals surface area (Å²) >= 11 is 0. The lowest BCUT2D eigenvalue weighted by Crippen LogP contribution is -2.67. The molecule has 4 aliphatic carbocycles. The van der Waals surface area contributed by atoms with Crippen LogP contribution in [-0.4, -0.2) is 116 Å². The van der Waals surface area contributed by atoms with Crippen molar-refractivity contribution < 1.29 is 76.0 Å². The maximum atomic E-state index is 14.2. The molecule has 0 unspecified atom stereocenters. The van der Waals surface area contributed by atoms with Gasteiger partial charge in [-0.1, -0.05) is 69.7 Å². The lowest BCUT2D eigenvalue weighted by atomic mass is 9.47. The van der Waals surface area contributed by atoms with E-state index in [0.29, 0.717) is 41.9 Å². The molecule has 1 aromatic rings. The second kappa shape index (κ2) is 20.1. The van der Waals surface area contributed by atoms with Crippen LogP contribution in [0.5, 0.6) is 0 Å². The van der Waals surface area contributed by atoms with Gasteiger partial charge in [0.1, 0.15) is 12.2 Å². The molecule has 73 heavy (non-hydrogen) atoms. The van der Waals surface area contributed by atoms with E-state index in [2.05, 4.69) is 33.8 Å². The molecular weight excluding hydrogens is 941 g/mol. The standard InChI is InChI=1S/C57H80O16/c1-29-19-24-57(63-27-29)30(2)43-41(73-57)26-40-38-18-17-36-25-37(20-22-55(36,10)39(38)21-23-56(40,43)11)68-52-49(71-51-48(67-34(6)60)46(66-33(5)59)44(31(3)64-51)65-32(4)58)47(72-53(61)54(7,8)9)45-42(69-52)28-62-50(70-45)35-15-13-12-14-16-35/h12-17,29-31,37-52H,18-28H2,1-11H3/t29-,30+,31+,37+,38-,39+,40+,41+,42-,43+,44+,45-,46-,47+,48-,49-,50-,51+,52-,55+,56+,57-/m1/s1. The van der Waals surface area contributed by atoms with Crippen LogP contribution in [0.2, 0.25) is 0 Å². The number of fused-ring (bicyclic) bond motifs is 8. The fourth-order valence-corrected chi connectivity index (χ4v) is 15.2. The molecule has 1 spiro atoms. The summed E-state index contributed by atoms with van der Waals surface area (Å²) in [7, 11) is 0. The molecule has 9 aliphatic rings. The summed E-state index contributed by atoms with van der Waals surface area (Å²) in [4.78, 5) is 52.1. The van der Waals surface area contributed by atoms with Crippen molar-refractivity contribution in [1.29, 1.82) is 0 Å². The van der Waals surface area contributed by atoms with Gasteiger partial charge in [-0.25, -0.2) is 0 Å². The van der Waals surface area contributed by atoms with Crippen LogP contribution in [0.3, 0.4) is 0 Å². The van der Waals surface area contributed by atoms with Gasteiger partial charge in [-0.05, 0) is 119 Å². The van der Waals surface area contributed by atoms with Crippen molar-refractivity contribution in [2.75, 3.05) is 13.2 Å². The molecule has 8 fully saturated rings. The summed E-state index contributed by atoms with van der Waals surface area (Å²) < 4.78 is 77.9. The highest BCUT2D eigenvalue weighted by atomic mass is 16.8. The second-order valence-electron chi connectivity index (χ2n) is 24.6. The summed E-state index contributed by atoms with van der Waals surface area (Å²) in [5, 5.41) is 0. The topological polar surface area (TPSA) is 179 Å². The molecule has 1 aromatic carbocycles. The van der Waals surface area contributed by atoms with Gasteiger partial charge < -0.3 is 56.8 Å². The smallest absolute Gasteiger partial charge is 0.311 e. The van der Waals surface area contributed by atoms with Gasteiger partial charge in [0.2, 0.25) is 0 Å². The Balaban J connectivity index is 0.939. The van der Waals surface area contributed by atoms with Crippen LogP contribution in [0, 0.1) is 51.8 Å². The molecule has 16 heteroatoms. The maximum Gasteiger partial charge on any atom is 0.311 e. The van der Waals surface area contributed by atoms with Crippen molar-refractivity contribution in [1.82, 2.24) is 0 Å². The monoisotopic (exact) mass is 1020 g/mol. The van der Waals surface area contributed by atoms with Gasteiger partial charge in [0, 0.05) is 38.7 Å². The molecule has 10 rings (SSSR count). The third kappa shape index (κ3) is 9.84. The summed E-state index contributed by atoms with van der Waals surface area (Å²) in [5.41, 5.74) is 1.39. The molecule has 0 radical (unpaired) electrons. The fraction of sp³-hybridized carbons (Fsp3) is 0.789. The average Bonchev–Trinajstić information content (AvgIpc) is 3.78. The molecule has 5 saturated heterocycles. The van der Waals surface area contributed by atoms with Crippen molar-refractivity contribution in [3.8, 4) is 0 Å². The van der Waals surface area contributed by atoms with E-state index < -0.39 is 103 Å². The number of allylic oxidation sites excluding steroid dienone is 1. The average molecular weight is 1020 g/mol. The molecule has 22 atom stereocenters. The number of hydrogen-bond donors (Lipinski definition) is 0. The highest BCUT2D eigenvalue weighted by Crippen LogP contribution is 2.71. The fourth-order valence-electron chi connectivity index (χ4n) is 15.2. The Kier molecular flexibility index (Phi) is 14.6. The lowest BCUT2D eigenvalue weighted by Gasteiger charge is -2.59. The highest BCUT2D eigenvalue weighted by Gasteiger charge is 2.69. The van der Waals surface area contributed by atoms with Crippen LogP contribution in [-0.2, 0) is 76.0 Å².